The van der Waals surface area contributed by atoms with Crippen LogP contribution in [0, 0.1) is 0 Å². The molecule has 1 aliphatic carbocycles. The molecule has 2 saturated heterocycles. The zero-order valence-corrected chi connectivity index (χ0v) is 18.0. The van der Waals surface area contributed by atoms with Crippen LogP contribution in [0.5, 0.6) is 0 Å². The Hall–Kier alpha value is -1.52. The van der Waals surface area contributed by atoms with E-state index in [0.29, 0.717) is 12.8 Å². The molecular formula is C21H30N2O6S. The van der Waals surface area contributed by atoms with Gasteiger partial charge in [0.25, 0.3) is 0 Å². The van der Waals surface area contributed by atoms with Gasteiger partial charge in [-0.25, -0.2) is 8.42 Å². The number of amides is 1. The molecule has 1 amide bonds. The summed E-state index contributed by atoms with van der Waals surface area (Å²) >= 11 is 0. The second kappa shape index (κ2) is 8.92. The first-order valence-electron chi connectivity index (χ1n) is 10.5. The fourth-order valence-corrected chi connectivity index (χ4v) is 6.01. The number of hydrogen-bond donors (Lipinski definition) is 2. The Balaban J connectivity index is 1.33. The van der Waals surface area contributed by atoms with Crippen molar-refractivity contribution in [3.05, 3.63) is 35.4 Å². The summed E-state index contributed by atoms with van der Waals surface area (Å²) in [4.78, 5) is 12.6. The van der Waals surface area contributed by atoms with Crippen molar-refractivity contribution in [1.82, 2.24) is 9.62 Å². The average molecular weight is 439 g/mol. The maximum Gasteiger partial charge on any atom is 0.222 e. The number of carbonyl (C=O) groups is 1. The molecule has 3 aliphatic rings. The van der Waals surface area contributed by atoms with Crippen molar-refractivity contribution >= 4 is 15.9 Å². The van der Waals surface area contributed by atoms with E-state index < -0.39 is 28.3 Å². The van der Waals surface area contributed by atoms with Crippen LogP contribution in [-0.2, 0) is 37.1 Å². The third-order valence-corrected chi connectivity index (χ3v) is 7.46. The van der Waals surface area contributed by atoms with Crippen LogP contribution < -0.4 is 5.32 Å². The molecule has 0 unspecified atom stereocenters. The van der Waals surface area contributed by atoms with Gasteiger partial charge in [0.15, 0.2) is 0 Å². The number of nitrogens with one attached hydrogen (secondary N) is 1. The molecule has 0 bridgehead atoms. The molecule has 0 radical (unpaired) electrons. The van der Waals surface area contributed by atoms with Crippen molar-refractivity contribution in [2.75, 3.05) is 26.0 Å². The Kier molecular flexibility index (Phi) is 6.45. The van der Waals surface area contributed by atoms with Gasteiger partial charge in [0, 0.05) is 12.6 Å². The summed E-state index contributed by atoms with van der Waals surface area (Å²) in [5, 5.41) is 13.1. The summed E-state index contributed by atoms with van der Waals surface area (Å²) in [7, 11) is -3.49. The van der Waals surface area contributed by atoms with Gasteiger partial charge in [-0.15, -0.1) is 0 Å². The molecule has 4 atom stereocenters. The number of rotatable bonds is 4. The van der Waals surface area contributed by atoms with Crippen LogP contribution in [0.15, 0.2) is 24.3 Å². The van der Waals surface area contributed by atoms with Crippen LogP contribution in [0.3, 0.4) is 0 Å². The van der Waals surface area contributed by atoms with E-state index >= 15 is 0 Å². The summed E-state index contributed by atoms with van der Waals surface area (Å²) in [6.07, 6.45) is 2.66. The van der Waals surface area contributed by atoms with Crippen molar-refractivity contribution < 1.29 is 27.8 Å². The summed E-state index contributed by atoms with van der Waals surface area (Å²) in [5.41, 5.74) is 2.57. The van der Waals surface area contributed by atoms with E-state index in [4.69, 9.17) is 9.47 Å². The Labute approximate surface area is 177 Å². The molecule has 2 aliphatic heterocycles. The van der Waals surface area contributed by atoms with Crippen molar-refractivity contribution in [2.45, 2.75) is 62.5 Å². The van der Waals surface area contributed by atoms with Gasteiger partial charge in [-0.3, -0.25) is 4.79 Å². The Morgan fingerprint density at radius 1 is 1.20 bits per heavy atom. The first-order valence-corrected chi connectivity index (χ1v) is 12.4. The number of β-amino-alcohol motifs (C(OH)–C–C–N with tert-alkyl or cyclic N) is 1. The summed E-state index contributed by atoms with van der Waals surface area (Å²) < 4.78 is 37.5. The molecule has 1 aromatic carbocycles. The van der Waals surface area contributed by atoms with E-state index in [1.165, 1.54) is 15.4 Å². The van der Waals surface area contributed by atoms with Gasteiger partial charge in [0.05, 0.1) is 50.2 Å². The molecule has 2 fully saturated rings. The van der Waals surface area contributed by atoms with Gasteiger partial charge >= 0.3 is 0 Å². The fraction of sp³-hybridized carbons (Fsp3) is 0.667. The minimum atomic E-state index is -3.49. The van der Waals surface area contributed by atoms with E-state index in [0.717, 1.165) is 19.1 Å². The average Bonchev–Trinajstić information content (AvgIpc) is 3.06. The first-order chi connectivity index (χ1) is 14.3. The minimum Gasteiger partial charge on any atom is -0.389 e. The standard InChI is InChI=1S/C21H30N2O6S/c1-30(26,27)23-11-17(24)12-28-13-20-19(23)7-6-18(29-20)10-21(25)22-16-8-14-4-2-3-5-15(14)9-16/h2-5,16-20,24H,6-13H2,1H3,(H,22,25)/t17-,18+,19-,20+/m0/s1. The number of aliphatic hydroxyl groups excluding tert-OH is 1. The Morgan fingerprint density at radius 3 is 2.57 bits per heavy atom. The number of nitrogens with zero attached hydrogens (tertiary/aromatic N) is 1. The zero-order valence-electron chi connectivity index (χ0n) is 17.2. The predicted molar refractivity (Wildman–Crippen MR) is 110 cm³/mol. The van der Waals surface area contributed by atoms with Crippen molar-refractivity contribution in [1.29, 1.82) is 0 Å². The second-order valence-electron chi connectivity index (χ2n) is 8.61. The van der Waals surface area contributed by atoms with Gasteiger partial charge in [0.2, 0.25) is 15.9 Å². The number of sulfonamides is 1. The highest BCUT2D eigenvalue weighted by Crippen LogP contribution is 2.29. The lowest BCUT2D eigenvalue weighted by molar-refractivity contribution is -0.146. The molecular weight excluding hydrogens is 408 g/mol. The van der Waals surface area contributed by atoms with Gasteiger partial charge in [-0.2, -0.15) is 4.31 Å². The van der Waals surface area contributed by atoms with E-state index in [1.807, 2.05) is 12.1 Å². The van der Waals surface area contributed by atoms with E-state index in [9.17, 15) is 18.3 Å². The van der Waals surface area contributed by atoms with Gasteiger partial charge in [0.1, 0.15) is 0 Å². The van der Waals surface area contributed by atoms with E-state index in [2.05, 4.69) is 17.4 Å². The van der Waals surface area contributed by atoms with E-state index in [-0.39, 0.29) is 44.2 Å². The highest BCUT2D eigenvalue weighted by atomic mass is 32.2. The largest absolute Gasteiger partial charge is 0.389 e. The third-order valence-electron chi connectivity index (χ3n) is 6.19. The number of benzene rings is 1. The third kappa shape index (κ3) is 5.03. The van der Waals surface area contributed by atoms with Crippen LogP contribution >= 0.6 is 0 Å². The zero-order chi connectivity index (χ0) is 21.3. The van der Waals surface area contributed by atoms with E-state index in [1.54, 1.807) is 0 Å². The quantitative estimate of drug-likeness (QED) is 0.697. The lowest BCUT2D eigenvalue weighted by Gasteiger charge is -2.43. The van der Waals surface area contributed by atoms with Gasteiger partial charge < -0.3 is 19.9 Å². The molecule has 1 aromatic rings. The SMILES string of the molecule is CS(=O)(=O)N1C[C@H](O)COC[C@H]2O[C@@H](CC(=O)NC3Cc4ccccc4C3)CC[C@@H]21. The smallest absolute Gasteiger partial charge is 0.222 e. The number of aliphatic hydroxyl groups is 1. The summed E-state index contributed by atoms with van der Waals surface area (Å²) in [6, 6.07) is 7.96. The lowest BCUT2D eigenvalue weighted by atomic mass is 9.96. The maximum atomic E-state index is 12.6. The minimum absolute atomic E-state index is 0.00322. The monoisotopic (exact) mass is 438 g/mol. The molecule has 2 N–H and O–H groups in total. The summed E-state index contributed by atoms with van der Waals surface area (Å²) in [5.74, 6) is -0.0431. The molecule has 9 heteroatoms. The van der Waals surface area contributed by atoms with Crippen molar-refractivity contribution in [2.24, 2.45) is 0 Å². The molecule has 2 heterocycles. The first kappa shape index (κ1) is 21.7. The van der Waals surface area contributed by atoms with Crippen molar-refractivity contribution in [3.8, 4) is 0 Å². The topological polar surface area (TPSA) is 105 Å². The fourth-order valence-electron chi connectivity index (χ4n) is 4.83. The molecule has 0 spiro atoms. The second-order valence-corrected chi connectivity index (χ2v) is 10.5. The summed E-state index contributed by atoms with van der Waals surface area (Å²) in [6.45, 7) is 0.256. The highest BCUT2D eigenvalue weighted by Gasteiger charge is 2.41. The Morgan fingerprint density at radius 2 is 1.90 bits per heavy atom. The number of fused-ring (bicyclic) bond motifs is 2. The number of ether oxygens (including phenoxy) is 2. The maximum absolute atomic E-state index is 12.6. The van der Waals surface area contributed by atoms with Gasteiger partial charge in [-0.05, 0) is 36.8 Å². The van der Waals surface area contributed by atoms with Crippen LogP contribution in [-0.4, -0.2) is 80.1 Å². The van der Waals surface area contributed by atoms with Gasteiger partial charge in [-0.1, -0.05) is 24.3 Å². The molecule has 8 nitrogen and oxygen atoms in total. The Bertz CT molecular complexity index is 851. The van der Waals surface area contributed by atoms with Crippen molar-refractivity contribution in [3.63, 3.8) is 0 Å². The molecule has 0 saturated carbocycles. The lowest BCUT2D eigenvalue weighted by Crippen LogP contribution is -2.57. The van der Waals surface area contributed by atoms with Crippen LogP contribution in [0.25, 0.3) is 0 Å². The molecule has 0 aromatic heterocycles. The molecule has 4 rings (SSSR count). The predicted octanol–water partition coefficient (Wildman–Crippen LogP) is 0.229. The number of hydrogen-bond acceptors (Lipinski definition) is 6. The number of carbonyl (C=O) groups excluding carboxylic acids is 1. The highest BCUT2D eigenvalue weighted by molar-refractivity contribution is 7.88. The normalized spacial score (nSPS) is 30.7. The van der Waals surface area contributed by atoms with Crippen LogP contribution in [0.1, 0.15) is 30.4 Å². The molecule has 166 valence electrons. The molecule has 30 heavy (non-hydrogen) atoms. The van der Waals surface area contributed by atoms with Crippen LogP contribution in [0.2, 0.25) is 0 Å². The van der Waals surface area contributed by atoms with Crippen LogP contribution in [0.4, 0.5) is 0 Å².